The second-order valence-corrected chi connectivity index (χ2v) is 6.26. The number of morpholine rings is 1. The van der Waals surface area contributed by atoms with Crippen molar-refractivity contribution in [1.82, 2.24) is 10.2 Å². The van der Waals surface area contributed by atoms with Gasteiger partial charge in [0.1, 0.15) is 0 Å². The Morgan fingerprint density at radius 2 is 2.00 bits per heavy atom. The molecule has 0 spiro atoms. The molecular formula is C15H30N2O2. The van der Waals surface area contributed by atoms with Gasteiger partial charge in [0, 0.05) is 25.7 Å². The van der Waals surface area contributed by atoms with Crippen LogP contribution in [0.4, 0.5) is 0 Å². The van der Waals surface area contributed by atoms with Crippen molar-refractivity contribution in [2.24, 2.45) is 5.92 Å². The quantitative estimate of drug-likeness (QED) is 0.754. The molecule has 1 heterocycles. The first-order chi connectivity index (χ1) is 9.22. The molecule has 1 saturated heterocycles. The van der Waals surface area contributed by atoms with E-state index in [-0.39, 0.29) is 18.8 Å². The highest BCUT2D eigenvalue weighted by Gasteiger charge is 2.29. The summed E-state index contributed by atoms with van der Waals surface area (Å²) < 4.78 is 5.73. The highest BCUT2D eigenvalue weighted by atomic mass is 16.5. The number of hydrogen-bond acceptors (Lipinski definition) is 4. The van der Waals surface area contributed by atoms with E-state index in [9.17, 15) is 5.11 Å². The zero-order valence-electron chi connectivity index (χ0n) is 12.5. The van der Waals surface area contributed by atoms with Crippen LogP contribution in [0, 0.1) is 5.92 Å². The Hall–Kier alpha value is -0.160. The number of rotatable bonds is 4. The maximum atomic E-state index is 9.31. The number of nitrogens with zero attached hydrogens (tertiary/aromatic N) is 1. The second kappa shape index (κ2) is 7.58. The van der Waals surface area contributed by atoms with Gasteiger partial charge < -0.3 is 15.2 Å². The molecule has 1 saturated carbocycles. The minimum atomic E-state index is 0.00237. The third kappa shape index (κ3) is 4.42. The minimum Gasteiger partial charge on any atom is -0.394 e. The number of ether oxygens (including phenoxy) is 1. The molecule has 0 bridgehead atoms. The van der Waals surface area contributed by atoms with Crippen molar-refractivity contribution < 1.29 is 9.84 Å². The number of aliphatic hydroxyl groups is 1. The molecule has 2 N–H and O–H groups in total. The first-order valence-electron chi connectivity index (χ1n) is 7.89. The molecule has 0 aromatic heterocycles. The van der Waals surface area contributed by atoms with Gasteiger partial charge in [-0.2, -0.15) is 0 Å². The summed E-state index contributed by atoms with van der Waals surface area (Å²) in [5, 5.41) is 12.8. The number of hydrogen-bond donors (Lipinski definition) is 2. The van der Waals surface area contributed by atoms with Crippen LogP contribution in [0.1, 0.15) is 39.0 Å². The van der Waals surface area contributed by atoms with Gasteiger partial charge in [-0.25, -0.2) is 0 Å². The predicted molar refractivity (Wildman–Crippen MR) is 77.3 cm³/mol. The molecule has 0 aromatic carbocycles. The standard InChI is InChI=1S/C15H30N2O2/c1-12-8-17(10-14(11-18)19-12)9-13-6-4-3-5-7-15(13)16-2/h12-16,18H,3-11H2,1-2H3. The zero-order valence-corrected chi connectivity index (χ0v) is 12.5. The Bertz CT molecular complexity index is 263. The topological polar surface area (TPSA) is 44.7 Å². The van der Waals surface area contributed by atoms with E-state index in [1.807, 2.05) is 0 Å². The van der Waals surface area contributed by atoms with Crippen LogP contribution in [0.25, 0.3) is 0 Å². The molecule has 4 unspecified atom stereocenters. The third-order valence-electron chi connectivity index (χ3n) is 4.63. The van der Waals surface area contributed by atoms with Crippen LogP contribution in [0.2, 0.25) is 0 Å². The highest BCUT2D eigenvalue weighted by Crippen LogP contribution is 2.25. The molecule has 0 aromatic rings. The van der Waals surface area contributed by atoms with E-state index in [0.717, 1.165) is 25.6 Å². The van der Waals surface area contributed by atoms with Crippen molar-refractivity contribution in [3.8, 4) is 0 Å². The molecule has 2 fully saturated rings. The molecule has 4 atom stereocenters. The maximum absolute atomic E-state index is 9.31. The molecule has 112 valence electrons. The SMILES string of the molecule is CNC1CCCCCC1CN1CC(C)OC(CO)C1. The van der Waals surface area contributed by atoms with Crippen LogP contribution >= 0.6 is 0 Å². The van der Waals surface area contributed by atoms with Crippen molar-refractivity contribution in [2.45, 2.75) is 57.3 Å². The molecule has 1 aliphatic heterocycles. The monoisotopic (exact) mass is 270 g/mol. The molecule has 1 aliphatic carbocycles. The van der Waals surface area contributed by atoms with E-state index >= 15 is 0 Å². The third-order valence-corrected chi connectivity index (χ3v) is 4.63. The van der Waals surface area contributed by atoms with Gasteiger partial charge in [0.25, 0.3) is 0 Å². The van der Waals surface area contributed by atoms with E-state index < -0.39 is 0 Å². The molecule has 19 heavy (non-hydrogen) atoms. The summed E-state index contributed by atoms with van der Waals surface area (Å²) in [4.78, 5) is 2.50. The van der Waals surface area contributed by atoms with Crippen molar-refractivity contribution in [3.05, 3.63) is 0 Å². The fraction of sp³-hybridized carbons (Fsp3) is 1.00. The Morgan fingerprint density at radius 1 is 1.21 bits per heavy atom. The second-order valence-electron chi connectivity index (χ2n) is 6.26. The smallest absolute Gasteiger partial charge is 0.0936 e. The van der Waals surface area contributed by atoms with Crippen LogP contribution in [-0.4, -0.2) is 61.5 Å². The Labute approximate surface area is 117 Å². The molecule has 2 rings (SSSR count). The van der Waals surface area contributed by atoms with Gasteiger partial charge >= 0.3 is 0 Å². The van der Waals surface area contributed by atoms with Crippen LogP contribution in [-0.2, 0) is 4.74 Å². The zero-order chi connectivity index (χ0) is 13.7. The largest absolute Gasteiger partial charge is 0.394 e. The Kier molecular flexibility index (Phi) is 6.07. The average molecular weight is 270 g/mol. The molecular weight excluding hydrogens is 240 g/mol. The summed E-state index contributed by atoms with van der Waals surface area (Å²) in [5.74, 6) is 0.747. The van der Waals surface area contributed by atoms with Crippen molar-refractivity contribution in [1.29, 1.82) is 0 Å². The molecule has 4 nitrogen and oxygen atoms in total. The van der Waals surface area contributed by atoms with E-state index in [0.29, 0.717) is 6.04 Å². The van der Waals surface area contributed by atoms with E-state index in [1.165, 1.54) is 32.1 Å². The van der Waals surface area contributed by atoms with Crippen LogP contribution in [0.15, 0.2) is 0 Å². The molecule has 4 heteroatoms. The predicted octanol–water partition coefficient (Wildman–Crippen LogP) is 1.24. The number of nitrogens with one attached hydrogen (secondary N) is 1. The molecule has 2 aliphatic rings. The van der Waals surface area contributed by atoms with Crippen molar-refractivity contribution in [3.63, 3.8) is 0 Å². The van der Waals surface area contributed by atoms with Gasteiger partial charge in [-0.1, -0.05) is 19.3 Å². The van der Waals surface area contributed by atoms with Gasteiger partial charge in [-0.3, -0.25) is 4.90 Å². The lowest BCUT2D eigenvalue weighted by atomic mass is 9.93. The minimum absolute atomic E-state index is 0.00237. The lowest BCUT2D eigenvalue weighted by molar-refractivity contribution is -0.0987. The van der Waals surface area contributed by atoms with Crippen LogP contribution in [0.5, 0.6) is 0 Å². The normalized spacial score (nSPS) is 38.1. The van der Waals surface area contributed by atoms with Crippen molar-refractivity contribution >= 4 is 0 Å². The summed E-state index contributed by atoms with van der Waals surface area (Å²) in [6.45, 7) is 5.28. The van der Waals surface area contributed by atoms with Crippen LogP contribution in [0.3, 0.4) is 0 Å². The maximum Gasteiger partial charge on any atom is 0.0936 e. The summed E-state index contributed by atoms with van der Waals surface area (Å²) in [6.07, 6.45) is 7.00. The van der Waals surface area contributed by atoms with Gasteiger partial charge in [0.2, 0.25) is 0 Å². The van der Waals surface area contributed by atoms with E-state index in [4.69, 9.17) is 4.74 Å². The molecule has 0 amide bonds. The number of aliphatic hydroxyl groups excluding tert-OH is 1. The van der Waals surface area contributed by atoms with Crippen molar-refractivity contribution in [2.75, 3.05) is 33.3 Å². The fourth-order valence-electron chi connectivity index (χ4n) is 3.71. The Balaban J connectivity index is 1.90. The first kappa shape index (κ1) is 15.2. The summed E-state index contributed by atoms with van der Waals surface area (Å²) in [6, 6.07) is 0.660. The summed E-state index contributed by atoms with van der Waals surface area (Å²) in [5.41, 5.74) is 0. The lowest BCUT2D eigenvalue weighted by Crippen LogP contribution is -2.51. The van der Waals surface area contributed by atoms with Gasteiger partial charge in [0.15, 0.2) is 0 Å². The fourth-order valence-corrected chi connectivity index (χ4v) is 3.71. The highest BCUT2D eigenvalue weighted by molar-refractivity contribution is 4.84. The Morgan fingerprint density at radius 3 is 2.74 bits per heavy atom. The van der Waals surface area contributed by atoms with Gasteiger partial charge in [0.05, 0.1) is 18.8 Å². The van der Waals surface area contributed by atoms with E-state index in [2.05, 4.69) is 24.2 Å². The first-order valence-corrected chi connectivity index (χ1v) is 7.89. The summed E-state index contributed by atoms with van der Waals surface area (Å²) >= 11 is 0. The van der Waals surface area contributed by atoms with Crippen LogP contribution < -0.4 is 5.32 Å². The molecule has 0 radical (unpaired) electrons. The van der Waals surface area contributed by atoms with E-state index in [1.54, 1.807) is 0 Å². The van der Waals surface area contributed by atoms with Gasteiger partial charge in [-0.15, -0.1) is 0 Å². The van der Waals surface area contributed by atoms with Gasteiger partial charge in [-0.05, 0) is 32.7 Å². The average Bonchev–Trinajstić information content (AvgIpc) is 2.63. The lowest BCUT2D eigenvalue weighted by Gasteiger charge is -2.39. The summed E-state index contributed by atoms with van der Waals surface area (Å²) in [7, 11) is 2.10.